The van der Waals surface area contributed by atoms with Crippen LogP contribution in [0.1, 0.15) is 258 Å². The number of nitrogens with one attached hydrogen (secondary N) is 1. The van der Waals surface area contributed by atoms with Crippen LogP contribution in [0.4, 0.5) is 0 Å². The highest BCUT2D eigenvalue weighted by atomic mass is 16.7. The minimum absolute atomic E-state index is 0.109. The molecule has 0 spiro atoms. The highest BCUT2D eigenvalue weighted by Crippen LogP contribution is 2.26. The first-order chi connectivity index (χ1) is 39.7. The van der Waals surface area contributed by atoms with Crippen LogP contribution in [0, 0.1) is 0 Å². The molecule has 6 N–H and O–H groups in total. The van der Waals surface area contributed by atoms with Crippen molar-refractivity contribution in [1.29, 1.82) is 0 Å². The van der Waals surface area contributed by atoms with Crippen molar-refractivity contribution < 1.29 is 49.3 Å². The van der Waals surface area contributed by atoms with Gasteiger partial charge in [0.1, 0.15) is 24.4 Å². The van der Waals surface area contributed by atoms with Gasteiger partial charge in [0.2, 0.25) is 5.91 Å². The highest BCUT2D eigenvalue weighted by Gasteiger charge is 2.47. The molecular formula is C70H119NO10. The molecule has 11 heteroatoms. The maximum absolute atomic E-state index is 13.4. The molecule has 0 aromatic heterocycles. The Hall–Kier alpha value is -3.68. The Balaban J connectivity index is 2.62. The fourth-order valence-corrected chi connectivity index (χ4v) is 9.52. The summed E-state index contributed by atoms with van der Waals surface area (Å²) in [4.78, 5) is 26.6. The average molecular weight is 1130 g/mol. The minimum atomic E-state index is -1.63. The molecule has 0 radical (unpaired) electrons. The van der Waals surface area contributed by atoms with Gasteiger partial charge in [0.25, 0.3) is 0 Å². The summed E-state index contributed by atoms with van der Waals surface area (Å²) < 4.78 is 17.6. The Morgan fingerprint density at radius 1 is 0.494 bits per heavy atom. The van der Waals surface area contributed by atoms with E-state index in [4.69, 9.17) is 14.2 Å². The molecule has 1 saturated heterocycles. The molecule has 464 valence electrons. The van der Waals surface area contributed by atoms with Gasteiger partial charge in [-0.1, -0.05) is 259 Å². The van der Waals surface area contributed by atoms with Gasteiger partial charge in [-0.2, -0.15) is 0 Å². The van der Waals surface area contributed by atoms with E-state index >= 15 is 0 Å². The Morgan fingerprint density at radius 3 is 1.36 bits per heavy atom. The van der Waals surface area contributed by atoms with Crippen LogP contribution < -0.4 is 5.32 Å². The molecule has 1 aliphatic heterocycles. The van der Waals surface area contributed by atoms with E-state index in [9.17, 15) is 35.1 Å². The molecule has 1 fully saturated rings. The molecule has 11 nitrogen and oxygen atoms in total. The Morgan fingerprint density at radius 2 is 0.889 bits per heavy atom. The molecule has 0 aromatic carbocycles. The minimum Gasteiger partial charge on any atom is -0.454 e. The Labute approximate surface area is 494 Å². The van der Waals surface area contributed by atoms with E-state index in [1.165, 1.54) is 116 Å². The molecule has 0 bridgehead atoms. The van der Waals surface area contributed by atoms with Crippen LogP contribution in [0.25, 0.3) is 0 Å². The summed E-state index contributed by atoms with van der Waals surface area (Å²) in [6.45, 7) is 5.60. The fraction of sp³-hybridized carbons (Fsp3) is 0.714. The smallest absolute Gasteiger partial charge is 0.306 e. The van der Waals surface area contributed by atoms with Crippen LogP contribution >= 0.6 is 0 Å². The van der Waals surface area contributed by atoms with Gasteiger partial charge in [0, 0.05) is 6.42 Å². The standard InChI is InChI=1S/C70H119NO10/c1-4-7-10-13-16-19-22-24-26-28-29-30-31-32-33-34-35-36-38-40-43-46-49-52-55-58-65(75)81-68-67(77)66(76)64(59-72)80-70(68)79-60-61(62(73)56-53-50-47-44-41-21-18-15-12-9-6-3)71-69(78)63(74)57-54-51-48-45-42-39-37-27-25-23-20-17-14-11-8-5-2/h8,11,16-17,19-20,24-27,29-30,39,42,48,51,53,56,61-64,66-68,70,72-74,76-77H,4-7,9-10,12-15,18,21-23,28,31-38,40-41,43-47,49-50,52,54-55,57-60H2,1-3H3,(H,71,78)/b11-8-,19-16-,20-17-,26-24-,27-25-,30-29-,42-39-,51-48-,56-53+. The highest BCUT2D eigenvalue weighted by molar-refractivity contribution is 5.80. The number of hydrogen-bond donors (Lipinski definition) is 6. The van der Waals surface area contributed by atoms with Gasteiger partial charge in [-0.25, -0.2) is 0 Å². The number of aliphatic hydroxyl groups excluding tert-OH is 5. The molecule has 1 aliphatic rings. The van der Waals surface area contributed by atoms with Crippen molar-refractivity contribution in [2.24, 2.45) is 0 Å². The summed E-state index contributed by atoms with van der Waals surface area (Å²) >= 11 is 0. The number of ether oxygens (including phenoxy) is 3. The van der Waals surface area contributed by atoms with Gasteiger partial charge in [0.15, 0.2) is 12.4 Å². The monoisotopic (exact) mass is 1130 g/mol. The summed E-state index contributed by atoms with van der Waals surface area (Å²) in [5, 5.41) is 56.9. The van der Waals surface area contributed by atoms with Gasteiger partial charge in [-0.05, 0) is 103 Å². The van der Waals surface area contributed by atoms with Crippen molar-refractivity contribution >= 4 is 11.9 Å². The molecule has 81 heavy (non-hydrogen) atoms. The second-order valence-corrected chi connectivity index (χ2v) is 22.1. The van der Waals surface area contributed by atoms with E-state index < -0.39 is 67.4 Å². The maximum atomic E-state index is 13.4. The van der Waals surface area contributed by atoms with Crippen molar-refractivity contribution in [3.8, 4) is 0 Å². The first-order valence-electron chi connectivity index (χ1n) is 32.7. The van der Waals surface area contributed by atoms with Crippen LogP contribution in [0.2, 0.25) is 0 Å². The number of unbranched alkanes of at least 4 members (excludes halogenated alkanes) is 24. The van der Waals surface area contributed by atoms with Gasteiger partial charge in [-0.3, -0.25) is 9.59 Å². The number of carbonyl (C=O) groups excluding carboxylic acids is 2. The Bertz CT molecular complexity index is 1730. The molecule has 0 saturated carbocycles. The lowest BCUT2D eigenvalue weighted by molar-refractivity contribution is -0.305. The lowest BCUT2D eigenvalue weighted by atomic mass is 9.99. The predicted molar refractivity (Wildman–Crippen MR) is 338 cm³/mol. The molecule has 8 atom stereocenters. The molecule has 0 aromatic rings. The van der Waals surface area contributed by atoms with Crippen molar-refractivity contribution in [3.63, 3.8) is 0 Å². The lowest BCUT2D eigenvalue weighted by Gasteiger charge is -2.41. The fourth-order valence-electron chi connectivity index (χ4n) is 9.52. The summed E-state index contributed by atoms with van der Waals surface area (Å²) in [5.74, 6) is -1.26. The van der Waals surface area contributed by atoms with E-state index in [1.54, 1.807) is 6.08 Å². The number of rotatable bonds is 54. The number of aliphatic hydroxyl groups is 5. The Kier molecular flexibility index (Phi) is 52.8. The average Bonchev–Trinajstić information content (AvgIpc) is 3.50. The van der Waals surface area contributed by atoms with Crippen LogP contribution in [0.5, 0.6) is 0 Å². The summed E-state index contributed by atoms with van der Waals surface area (Å²) in [5.41, 5.74) is 0. The first-order valence-corrected chi connectivity index (χ1v) is 32.7. The van der Waals surface area contributed by atoms with Gasteiger partial charge < -0.3 is 45.1 Å². The van der Waals surface area contributed by atoms with Crippen LogP contribution in [-0.2, 0) is 23.8 Å². The zero-order chi connectivity index (χ0) is 58.9. The summed E-state index contributed by atoms with van der Waals surface area (Å²) in [6.07, 6.45) is 67.1. The van der Waals surface area contributed by atoms with Crippen LogP contribution in [-0.4, -0.2) is 99.6 Å². The number of allylic oxidation sites excluding steroid dienone is 17. The van der Waals surface area contributed by atoms with E-state index in [0.29, 0.717) is 12.8 Å². The number of esters is 1. The van der Waals surface area contributed by atoms with E-state index in [2.05, 4.69) is 111 Å². The van der Waals surface area contributed by atoms with E-state index in [-0.39, 0.29) is 19.4 Å². The SMILES string of the molecule is CC/C=C\C/C=C\C/C=C\C/C=C\C/C=C\CCC(O)C(=O)NC(COC1OC(CO)C(O)C(O)C1OC(=O)CCCCCCCCCCCCCC/C=C\C/C=C\C/C=C\CCCCC)C(O)/C=C/CCCCCCCCCCC. The summed E-state index contributed by atoms with van der Waals surface area (Å²) in [7, 11) is 0. The molecular weight excluding hydrogens is 1010 g/mol. The quantitative estimate of drug-likeness (QED) is 0.0195. The third-order valence-corrected chi connectivity index (χ3v) is 14.7. The van der Waals surface area contributed by atoms with Gasteiger partial charge >= 0.3 is 5.97 Å². The number of hydrogen-bond acceptors (Lipinski definition) is 10. The molecule has 1 rings (SSSR count). The zero-order valence-corrected chi connectivity index (χ0v) is 51.4. The molecule has 8 unspecified atom stereocenters. The number of carbonyl (C=O) groups is 2. The second kappa shape index (κ2) is 56.8. The molecule has 0 aliphatic carbocycles. The third kappa shape index (κ3) is 44.5. The molecule has 1 amide bonds. The normalized spacial score (nSPS) is 19.4. The van der Waals surface area contributed by atoms with Crippen molar-refractivity contribution in [2.75, 3.05) is 13.2 Å². The second-order valence-electron chi connectivity index (χ2n) is 22.1. The maximum Gasteiger partial charge on any atom is 0.306 e. The predicted octanol–water partition coefficient (Wildman–Crippen LogP) is 16.1. The molecule has 1 heterocycles. The summed E-state index contributed by atoms with van der Waals surface area (Å²) in [6, 6.07) is -1.06. The van der Waals surface area contributed by atoms with Crippen LogP contribution in [0.3, 0.4) is 0 Å². The van der Waals surface area contributed by atoms with Gasteiger partial charge in [-0.15, -0.1) is 0 Å². The van der Waals surface area contributed by atoms with E-state index in [0.717, 1.165) is 96.3 Å². The van der Waals surface area contributed by atoms with Crippen molar-refractivity contribution in [2.45, 2.75) is 307 Å². The van der Waals surface area contributed by atoms with E-state index in [1.807, 2.05) is 18.2 Å². The lowest BCUT2D eigenvalue weighted by Crippen LogP contribution is -2.61. The van der Waals surface area contributed by atoms with Crippen molar-refractivity contribution in [1.82, 2.24) is 5.32 Å². The largest absolute Gasteiger partial charge is 0.454 e. The van der Waals surface area contributed by atoms with Crippen LogP contribution in [0.15, 0.2) is 109 Å². The third-order valence-electron chi connectivity index (χ3n) is 14.7. The topological polar surface area (TPSA) is 175 Å². The van der Waals surface area contributed by atoms with Crippen molar-refractivity contribution in [3.05, 3.63) is 109 Å². The zero-order valence-electron chi connectivity index (χ0n) is 51.4. The first kappa shape index (κ1) is 75.3. The van der Waals surface area contributed by atoms with Gasteiger partial charge in [0.05, 0.1) is 25.4 Å². The number of amides is 1.